The lowest BCUT2D eigenvalue weighted by Crippen LogP contribution is -2.24. The number of halogens is 2. The van der Waals surface area contributed by atoms with E-state index in [1.807, 2.05) is 12.1 Å². The number of carbonyl (C=O) groups is 1. The van der Waals surface area contributed by atoms with Crippen LogP contribution in [0, 0.1) is 5.92 Å². The van der Waals surface area contributed by atoms with Crippen molar-refractivity contribution in [3.05, 3.63) is 27.7 Å². The van der Waals surface area contributed by atoms with Crippen molar-refractivity contribution in [3.63, 3.8) is 0 Å². The summed E-state index contributed by atoms with van der Waals surface area (Å²) in [5.74, 6) is 0.0763. The predicted octanol–water partition coefficient (Wildman–Crippen LogP) is 2.45. The van der Waals surface area contributed by atoms with Crippen LogP contribution < -0.4 is 4.90 Å². The molecule has 0 bridgehead atoms. The molecule has 1 heterocycles. The van der Waals surface area contributed by atoms with Gasteiger partial charge in [0.2, 0.25) is 5.91 Å². The number of aliphatic hydroxyl groups excluding tert-OH is 1. The summed E-state index contributed by atoms with van der Waals surface area (Å²) in [5, 5.41) is 9.62. The second-order valence-electron chi connectivity index (χ2n) is 3.86. The van der Waals surface area contributed by atoms with Crippen molar-refractivity contribution in [1.29, 1.82) is 0 Å². The van der Waals surface area contributed by atoms with Gasteiger partial charge in [0.25, 0.3) is 0 Å². The molecule has 0 aliphatic carbocycles. The molecule has 1 N–H and O–H groups in total. The molecule has 1 saturated heterocycles. The number of rotatable bonds is 2. The molecule has 16 heavy (non-hydrogen) atoms. The topological polar surface area (TPSA) is 40.5 Å². The Kier molecular flexibility index (Phi) is 3.52. The quantitative estimate of drug-likeness (QED) is 0.912. The second kappa shape index (κ2) is 4.73. The molecule has 5 heteroatoms. The van der Waals surface area contributed by atoms with E-state index in [0.717, 1.165) is 10.2 Å². The van der Waals surface area contributed by atoms with Crippen LogP contribution in [0.3, 0.4) is 0 Å². The van der Waals surface area contributed by atoms with E-state index in [-0.39, 0.29) is 18.4 Å². The Labute approximate surface area is 107 Å². The zero-order valence-corrected chi connectivity index (χ0v) is 10.8. The monoisotopic (exact) mass is 303 g/mol. The highest BCUT2D eigenvalue weighted by atomic mass is 79.9. The van der Waals surface area contributed by atoms with E-state index in [2.05, 4.69) is 15.9 Å². The molecule has 86 valence electrons. The first-order valence-electron chi connectivity index (χ1n) is 4.98. The van der Waals surface area contributed by atoms with Crippen molar-refractivity contribution < 1.29 is 9.90 Å². The molecule has 3 nitrogen and oxygen atoms in total. The van der Waals surface area contributed by atoms with Gasteiger partial charge in [-0.2, -0.15) is 0 Å². The molecule has 1 atom stereocenters. The predicted molar refractivity (Wildman–Crippen MR) is 66.7 cm³/mol. The number of nitrogens with zero attached hydrogens (tertiary/aromatic N) is 1. The lowest BCUT2D eigenvalue weighted by Gasteiger charge is -2.16. The first kappa shape index (κ1) is 11.9. The largest absolute Gasteiger partial charge is 0.396 e. The summed E-state index contributed by atoms with van der Waals surface area (Å²) < 4.78 is 0.809. The number of anilines is 1. The summed E-state index contributed by atoms with van der Waals surface area (Å²) in [6.45, 7) is 0.611. The summed E-state index contributed by atoms with van der Waals surface area (Å²) in [6.07, 6.45) is 0.407. The Hall–Kier alpha value is -0.580. The third-order valence-electron chi connectivity index (χ3n) is 2.68. The molecule has 0 spiro atoms. The fourth-order valence-corrected chi connectivity index (χ4v) is 2.23. The highest BCUT2D eigenvalue weighted by Crippen LogP contribution is 2.30. The van der Waals surface area contributed by atoms with Crippen molar-refractivity contribution in [3.8, 4) is 0 Å². The Bertz CT molecular complexity index is 424. The van der Waals surface area contributed by atoms with Gasteiger partial charge >= 0.3 is 0 Å². The lowest BCUT2D eigenvalue weighted by atomic mass is 10.1. The molecular formula is C11H11BrClNO2. The van der Waals surface area contributed by atoms with Gasteiger partial charge in [-0.05, 0) is 34.1 Å². The number of hydrogen-bond acceptors (Lipinski definition) is 2. The smallest absolute Gasteiger partial charge is 0.227 e. The van der Waals surface area contributed by atoms with Crippen molar-refractivity contribution >= 4 is 39.1 Å². The zero-order chi connectivity index (χ0) is 11.7. The SMILES string of the molecule is O=C1CC(CO)CN1c1ccc(Br)c(Cl)c1. The zero-order valence-electron chi connectivity index (χ0n) is 8.49. The molecule has 0 saturated carbocycles. The number of carbonyl (C=O) groups excluding carboxylic acids is 1. The molecule has 1 aromatic rings. The van der Waals surface area contributed by atoms with Gasteiger partial charge in [0, 0.05) is 35.7 Å². The first-order valence-corrected chi connectivity index (χ1v) is 6.15. The maximum Gasteiger partial charge on any atom is 0.227 e. The molecule has 0 aromatic heterocycles. The van der Waals surface area contributed by atoms with Crippen molar-refractivity contribution in [2.75, 3.05) is 18.1 Å². The van der Waals surface area contributed by atoms with Gasteiger partial charge in [-0.25, -0.2) is 0 Å². The lowest BCUT2D eigenvalue weighted by molar-refractivity contribution is -0.117. The summed E-state index contributed by atoms with van der Waals surface area (Å²) in [5.41, 5.74) is 0.786. The van der Waals surface area contributed by atoms with E-state index >= 15 is 0 Å². The average Bonchev–Trinajstić information content (AvgIpc) is 2.64. The summed E-state index contributed by atoms with van der Waals surface area (Å²) in [7, 11) is 0. The third kappa shape index (κ3) is 2.24. The summed E-state index contributed by atoms with van der Waals surface area (Å²) in [4.78, 5) is 13.4. The molecule has 1 aromatic carbocycles. The minimum Gasteiger partial charge on any atom is -0.396 e. The van der Waals surface area contributed by atoms with Crippen LogP contribution in [0.15, 0.2) is 22.7 Å². The minimum atomic E-state index is 0.0370. The Morgan fingerprint density at radius 1 is 1.56 bits per heavy atom. The van der Waals surface area contributed by atoms with Gasteiger partial charge in [0.05, 0.1) is 5.02 Å². The van der Waals surface area contributed by atoms with Crippen molar-refractivity contribution in [2.45, 2.75) is 6.42 Å². The Morgan fingerprint density at radius 3 is 2.88 bits per heavy atom. The number of amides is 1. The maximum atomic E-state index is 11.7. The second-order valence-corrected chi connectivity index (χ2v) is 5.12. The molecule has 1 aliphatic rings. The van der Waals surface area contributed by atoms with Gasteiger partial charge in [0.15, 0.2) is 0 Å². The normalized spacial score (nSPS) is 20.6. The third-order valence-corrected chi connectivity index (χ3v) is 3.91. The maximum absolute atomic E-state index is 11.7. The molecule has 1 aliphatic heterocycles. The van der Waals surface area contributed by atoms with Gasteiger partial charge in [-0.3, -0.25) is 4.79 Å². The standard InChI is InChI=1S/C11H11BrClNO2/c12-9-2-1-8(4-10(9)13)14-5-7(6-15)3-11(14)16/h1-2,4,7,15H,3,5-6H2. The van der Waals surface area contributed by atoms with Crippen molar-refractivity contribution in [1.82, 2.24) is 0 Å². The van der Waals surface area contributed by atoms with E-state index < -0.39 is 0 Å². The van der Waals surface area contributed by atoms with Gasteiger partial charge in [-0.1, -0.05) is 11.6 Å². The van der Waals surface area contributed by atoms with E-state index in [9.17, 15) is 4.79 Å². The fraction of sp³-hybridized carbons (Fsp3) is 0.364. The molecule has 1 unspecified atom stereocenters. The fourth-order valence-electron chi connectivity index (χ4n) is 1.81. The highest BCUT2D eigenvalue weighted by molar-refractivity contribution is 9.10. The van der Waals surface area contributed by atoms with Crippen LogP contribution >= 0.6 is 27.5 Å². The Balaban J connectivity index is 2.24. The minimum absolute atomic E-state index is 0.0370. The Morgan fingerprint density at radius 2 is 2.31 bits per heavy atom. The molecular weight excluding hydrogens is 293 g/mol. The van der Waals surface area contributed by atoms with Gasteiger partial charge in [0.1, 0.15) is 0 Å². The van der Waals surface area contributed by atoms with E-state index in [4.69, 9.17) is 16.7 Å². The van der Waals surface area contributed by atoms with Gasteiger partial charge < -0.3 is 10.0 Å². The molecule has 1 fully saturated rings. The molecule has 2 rings (SSSR count). The van der Waals surface area contributed by atoms with E-state index in [1.165, 1.54) is 0 Å². The van der Waals surface area contributed by atoms with Crippen LogP contribution in [0.1, 0.15) is 6.42 Å². The average molecular weight is 305 g/mol. The first-order chi connectivity index (χ1) is 7.61. The summed E-state index contributed by atoms with van der Waals surface area (Å²) >= 11 is 9.28. The van der Waals surface area contributed by atoms with Gasteiger partial charge in [-0.15, -0.1) is 0 Å². The summed E-state index contributed by atoms with van der Waals surface area (Å²) in [6, 6.07) is 5.41. The van der Waals surface area contributed by atoms with Crippen LogP contribution in [0.25, 0.3) is 0 Å². The number of aliphatic hydroxyl groups is 1. The molecule has 1 amide bonds. The number of hydrogen-bond donors (Lipinski definition) is 1. The van der Waals surface area contributed by atoms with Crippen LogP contribution in [0.4, 0.5) is 5.69 Å². The van der Waals surface area contributed by atoms with E-state index in [0.29, 0.717) is 18.0 Å². The molecule has 0 radical (unpaired) electrons. The highest BCUT2D eigenvalue weighted by Gasteiger charge is 2.30. The number of benzene rings is 1. The van der Waals surface area contributed by atoms with Crippen molar-refractivity contribution in [2.24, 2.45) is 5.92 Å². The van der Waals surface area contributed by atoms with Crippen LogP contribution in [0.5, 0.6) is 0 Å². The van der Waals surface area contributed by atoms with E-state index in [1.54, 1.807) is 11.0 Å². The van der Waals surface area contributed by atoms with Crippen LogP contribution in [0.2, 0.25) is 5.02 Å². The van der Waals surface area contributed by atoms with Crippen LogP contribution in [-0.2, 0) is 4.79 Å². The van der Waals surface area contributed by atoms with Crippen LogP contribution in [-0.4, -0.2) is 24.2 Å².